The molecule has 0 aromatic heterocycles. The third-order valence-corrected chi connectivity index (χ3v) is 3.34. The molecule has 126 valence electrons. The number of aliphatic hydroxyl groups excluding tert-OH is 2. The highest BCUT2D eigenvalue weighted by molar-refractivity contribution is 4.95. The Hall–Kier alpha value is -0.200. The van der Waals surface area contributed by atoms with Crippen molar-refractivity contribution in [1.29, 1.82) is 0 Å². The van der Waals surface area contributed by atoms with Crippen LogP contribution in [-0.2, 0) is 14.2 Å². The van der Waals surface area contributed by atoms with Crippen molar-refractivity contribution in [3.63, 3.8) is 0 Å². The maximum Gasteiger partial charge on any atom is 0.113 e. The van der Waals surface area contributed by atoms with Crippen molar-refractivity contribution in [2.75, 3.05) is 13.2 Å². The topological polar surface area (TPSA) is 68.2 Å². The van der Waals surface area contributed by atoms with E-state index in [9.17, 15) is 10.2 Å². The van der Waals surface area contributed by atoms with E-state index in [1.54, 1.807) is 6.92 Å². The van der Waals surface area contributed by atoms with Gasteiger partial charge < -0.3 is 24.4 Å². The standard InChI is InChI=1S/C16H32O5/c1-10(17)8-19-13-12(18)11(21-16(5,6)7)9-20-14(13)15(2,3)4/h10-14,17-18H,8-9H2,1-7H3/t10?,11-,12?,13?,14-/m1/s1. The van der Waals surface area contributed by atoms with Gasteiger partial charge in [0.1, 0.15) is 18.3 Å². The summed E-state index contributed by atoms with van der Waals surface area (Å²) in [5.74, 6) is 0. The van der Waals surface area contributed by atoms with Crippen LogP contribution < -0.4 is 0 Å². The minimum atomic E-state index is -0.777. The Labute approximate surface area is 128 Å². The zero-order chi connectivity index (χ0) is 16.4. The van der Waals surface area contributed by atoms with Crippen LogP contribution >= 0.6 is 0 Å². The normalized spacial score (nSPS) is 33.0. The molecule has 1 aliphatic rings. The lowest BCUT2D eigenvalue weighted by Gasteiger charge is -2.46. The summed E-state index contributed by atoms with van der Waals surface area (Å²) in [4.78, 5) is 0. The van der Waals surface area contributed by atoms with Crippen molar-refractivity contribution in [3.8, 4) is 0 Å². The smallest absolute Gasteiger partial charge is 0.113 e. The predicted octanol–water partition coefficient (Wildman–Crippen LogP) is 1.74. The largest absolute Gasteiger partial charge is 0.391 e. The zero-order valence-electron chi connectivity index (χ0n) is 14.4. The highest BCUT2D eigenvalue weighted by atomic mass is 16.6. The Kier molecular flexibility index (Phi) is 6.21. The van der Waals surface area contributed by atoms with Gasteiger partial charge in [0.05, 0.1) is 31.0 Å². The van der Waals surface area contributed by atoms with Gasteiger partial charge in [0.2, 0.25) is 0 Å². The Morgan fingerprint density at radius 1 is 1.19 bits per heavy atom. The van der Waals surface area contributed by atoms with Gasteiger partial charge in [-0.05, 0) is 33.1 Å². The minimum absolute atomic E-state index is 0.167. The summed E-state index contributed by atoms with van der Waals surface area (Å²) >= 11 is 0. The fraction of sp³-hybridized carbons (Fsp3) is 1.00. The van der Waals surface area contributed by atoms with Crippen LogP contribution in [0.15, 0.2) is 0 Å². The van der Waals surface area contributed by atoms with Gasteiger partial charge in [-0.25, -0.2) is 0 Å². The molecule has 0 aromatic rings. The Morgan fingerprint density at radius 2 is 1.76 bits per heavy atom. The molecule has 5 heteroatoms. The molecule has 1 fully saturated rings. The van der Waals surface area contributed by atoms with Crippen LogP contribution in [0.1, 0.15) is 48.5 Å². The second-order valence-corrected chi connectivity index (χ2v) is 8.03. The maximum absolute atomic E-state index is 10.6. The molecule has 0 aromatic carbocycles. The number of rotatable bonds is 4. The fourth-order valence-corrected chi connectivity index (χ4v) is 2.52. The third kappa shape index (κ3) is 5.83. The van der Waals surface area contributed by atoms with Crippen molar-refractivity contribution < 1.29 is 24.4 Å². The van der Waals surface area contributed by atoms with Crippen LogP contribution in [0.25, 0.3) is 0 Å². The van der Waals surface area contributed by atoms with Crippen LogP contribution in [0.4, 0.5) is 0 Å². The second-order valence-electron chi connectivity index (χ2n) is 8.03. The molecule has 1 aliphatic heterocycles. The molecule has 0 spiro atoms. The first-order valence-electron chi connectivity index (χ1n) is 7.69. The van der Waals surface area contributed by atoms with Gasteiger partial charge in [-0.2, -0.15) is 0 Å². The fourth-order valence-electron chi connectivity index (χ4n) is 2.52. The average Bonchev–Trinajstić information content (AvgIpc) is 2.26. The summed E-state index contributed by atoms with van der Waals surface area (Å²) in [6.45, 7) is 14.2. The molecule has 2 N–H and O–H groups in total. The number of ether oxygens (including phenoxy) is 3. The molecule has 0 bridgehead atoms. The van der Waals surface area contributed by atoms with Gasteiger partial charge >= 0.3 is 0 Å². The molecule has 1 rings (SSSR count). The maximum atomic E-state index is 10.6. The molecule has 5 atom stereocenters. The summed E-state index contributed by atoms with van der Waals surface area (Å²) in [6, 6.07) is 0. The van der Waals surface area contributed by atoms with Crippen molar-refractivity contribution in [3.05, 3.63) is 0 Å². The van der Waals surface area contributed by atoms with Crippen LogP contribution in [0.3, 0.4) is 0 Å². The lowest BCUT2D eigenvalue weighted by Crippen LogP contribution is -2.60. The molecule has 1 heterocycles. The van der Waals surface area contributed by atoms with Crippen molar-refractivity contribution in [1.82, 2.24) is 0 Å². The van der Waals surface area contributed by atoms with Crippen molar-refractivity contribution in [2.24, 2.45) is 5.41 Å². The number of aliphatic hydroxyl groups is 2. The number of hydrogen-bond donors (Lipinski definition) is 2. The molecule has 0 aliphatic carbocycles. The van der Waals surface area contributed by atoms with E-state index in [0.29, 0.717) is 6.61 Å². The summed E-state index contributed by atoms with van der Waals surface area (Å²) in [5.41, 5.74) is -0.532. The van der Waals surface area contributed by atoms with E-state index in [0.717, 1.165) is 0 Å². The molecule has 5 nitrogen and oxygen atoms in total. The molecule has 3 unspecified atom stereocenters. The van der Waals surface area contributed by atoms with Gasteiger partial charge in [-0.15, -0.1) is 0 Å². The van der Waals surface area contributed by atoms with Crippen LogP contribution in [0.5, 0.6) is 0 Å². The summed E-state index contributed by atoms with van der Waals surface area (Å²) in [6.07, 6.45) is -2.54. The third-order valence-electron chi connectivity index (χ3n) is 3.34. The predicted molar refractivity (Wildman–Crippen MR) is 81.2 cm³/mol. The quantitative estimate of drug-likeness (QED) is 0.828. The first-order valence-corrected chi connectivity index (χ1v) is 7.69. The Balaban J connectivity index is 2.84. The second kappa shape index (κ2) is 6.92. The van der Waals surface area contributed by atoms with E-state index in [1.165, 1.54) is 0 Å². The Morgan fingerprint density at radius 3 is 2.19 bits per heavy atom. The van der Waals surface area contributed by atoms with E-state index < -0.39 is 24.4 Å². The summed E-state index contributed by atoms with van der Waals surface area (Å²) in [7, 11) is 0. The summed E-state index contributed by atoms with van der Waals surface area (Å²) in [5, 5.41) is 20.1. The molecule has 0 radical (unpaired) electrons. The van der Waals surface area contributed by atoms with Crippen LogP contribution in [0.2, 0.25) is 0 Å². The van der Waals surface area contributed by atoms with Crippen LogP contribution in [0, 0.1) is 5.41 Å². The first-order chi connectivity index (χ1) is 9.42. The summed E-state index contributed by atoms with van der Waals surface area (Å²) < 4.78 is 17.5. The van der Waals surface area contributed by atoms with Crippen molar-refractivity contribution in [2.45, 2.75) is 84.6 Å². The lowest BCUT2D eigenvalue weighted by molar-refractivity contribution is -0.255. The minimum Gasteiger partial charge on any atom is -0.391 e. The monoisotopic (exact) mass is 304 g/mol. The van der Waals surface area contributed by atoms with E-state index in [4.69, 9.17) is 14.2 Å². The van der Waals surface area contributed by atoms with Gasteiger partial charge in [0.25, 0.3) is 0 Å². The zero-order valence-corrected chi connectivity index (χ0v) is 14.4. The molecule has 1 saturated heterocycles. The highest BCUT2D eigenvalue weighted by Gasteiger charge is 2.46. The van der Waals surface area contributed by atoms with E-state index in [2.05, 4.69) is 0 Å². The van der Waals surface area contributed by atoms with E-state index >= 15 is 0 Å². The van der Waals surface area contributed by atoms with Gasteiger partial charge in [-0.1, -0.05) is 20.8 Å². The average molecular weight is 304 g/mol. The Bertz CT molecular complexity index is 316. The number of hydrogen-bond acceptors (Lipinski definition) is 5. The molecule has 0 saturated carbocycles. The first kappa shape index (κ1) is 18.8. The molecular formula is C16H32O5. The van der Waals surface area contributed by atoms with E-state index in [-0.39, 0.29) is 23.7 Å². The highest BCUT2D eigenvalue weighted by Crippen LogP contribution is 2.34. The van der Waals surface area contributed by atoms with E-state index in [1.807, 2.05) is 41.5 Å². The van der Waals surface area contributed by atoms with Gasteiger partial charge in [0.15, 0.2) is 0 Å². The molecular weight excluding hydrogens is 272 g/mol. The molecule has 0 amide bonds. The SMILES string of the molecule is CC(O)COC1C(O)[C@H](OC(C)(C)C)CO[C@H]1C(C)(C)C. The van der Waals surface area contributed by atoms with Crippen LogP contribution in [-0.4, -0.2) is 59.5 Å². The molecule has 21 heavy (non-hydrogen) atoms. The van der Waals surface area contributed by atoms with Crippen molar-refractivity contribution >= 4 is 0 Å². The lowest BCUT2D eigenvalue weighted by atomic mass is 9.81. The van der Waals surface area contributed by atoms with Gasteiger partial charge in [-0.3, -0.25) is 0 Å². The van der Waals surface area contributed by atoms with Gasteiger partial charge in [0, 0.05) is 0 Å².